The quantitative estimate of drug-likeness (QED) is 0.597. The van der Waals surface area contributed by atoms with Gasteiger partial charge in [0.25, 0.3) is 5.91 Å². The Morgan fingerprint density at radius 3 is 2.29 bits per heavy atom. The van der Waals surface area contributed by atoms with E-state index in [0.29, 0.717) is 24.6 Å². The summed E-state index contributed by atoms with van der Waals surface area (Å²) in [5.41, 5.74) is -0.626. The van der Waals surface area contributed by atoms with E-state index in [1.54, 1.807) is 25.1 Å². The number of alkyl halides is 3. The number of hydrogen-bond acceptors (Lipinski definition) is 8. The minimum atomic E-state index is -4.61. The maximum atomic E-state index is 13.3. The van der Waals surface area contributed by atoms with Gasteiger partial charge in [-0.1, -0.05) is 12.1 Å². The molecule has 0 bridgehead atoms. The number of nitrogens with one attached hydrogen (secondary N) is 1. The molecule has 1 fully saturated rings. The van der Waals surface area contributed by atoms with Gasteiger partial charge in [0.2, 0.25) is 5.88 Å². The third-order valence-corrected chi connectivity index (χ3v) is 5.21. The minimum absolute atomic E-state index is 0.0381. The van der Waals surface area contributed by atoms with Gasteiger partial charge in [-0.2, -0.15) is 18.3 Å². The number of piperazine rings is 1. The van der Waals surface area contributed by atoms with Crippen LogP contribution in [0.1, 0.15) is 21.6 Å². The number of aromatic nitrogens is 4. The van der Waals surface area contributed by atoms with Gasteiger partial charge in [-0.3, -0.25) is 10.1 Å². The second-order valence-electron chi connectivity index (χ2n) is 7.63. The Morgan fingerprint density at radius 2 is 1.66 bits per heavy atom. The molecule has 0 unspecified atom stereocenters. The number of halogens is 3. The number of benzene rings is 1. The van der Waals surface area contributed by atoms with Gasteiger partial charge in [0, 0.05) is 32.2 Å². The third kappa shape index (κ3) is 5.80. The van der Waals surface area contributed by atoms with Crippen LogP contribution < -0.4 is 15.0 Å². The summed E-state index contributed by atoms with van der Waals surface area (Å²) in [6, 6.07) is 11.1. The summed E-state index contributed by atoms with van der Waals surface area (Å²) in [6.45, 7) is 2.88. The van der Waals surface area contributed by atoms with Crippen LogP contribution in [-0.2, 0) is 6.18 Å². The summed E-state index contributed by atoms with van der Waals surface area (Å²) in [6.07, 6.45) is -5.42. The van der Waals surface area contributed by atoms with Gasteiger partial charge in [-0.05, 0) is 37.3 Å². The molecule has 1 aliphatic rings. The summed E-state index contributed by atoms with van der Waals surface area (Å²) < 4.78 is 44.9. The first-order valence-electron chi connectivity index (χ1n) is 10.5. The first-order valence-corrected chi connectivity index (χ1v) is 10.5. The zero-order valence-electron chi connectivity index (χ0n) is 18.5. The number of rotatable bonds is 4. The molecule has 1 aromatic carbocycles. The second-order valence-corrected chi connectivity index (χ2v) is 7.63. The van der Waals surface area contributed by atoms with Gasteiger partial charge in [0.05, 0.1) is 16.8 Å². The predicted molar refractivity (Wildman–Crippen MR) is 118 cm³/mol. The van der Waals surface area contributed by atoms with E-state index >= 15 is 0 Å². The Balaban J connectivity index is 1.32. The number of anilines is 2. The average molecular weight is 487 g/mol. The molecule has 0 aliphatic carbocycles. The number of ether oxygens (including phenoxy) is 1. The topological polar surface area (TPSA) is 113 Å². The first kappa shape index (κ1) is 23.9. The molecule has 3 heterocycles. The largest absolute Gasteiger partial charge is 0.419 e. The van der Waals surface area contributed by atoms with Crippen molar-refractivity contribution in [2.75, 3.05) is 36.4 Å². The Bertz CT molecular complexity index is 1200. The van der Waals surface area contributed by atoms with E-state index in [2.05, 4.69) is 25.7 Å². The van der Waals surface area contributed by atoms with Gasteiger partial charge in [-0.25, -0.2) is 4.79 Å². The molecule has 4 rings (SSSR count). The molecule has 35 heavy (non-hydrogen) atoms. The van der Waals surface area contributed by atoms with E-state index in [9.17, 15) is 22.8 Å². The molecule has 10 nitrogen and oxygen atoms in total. The van der Waals surface area contributed by atoms with E-state index in [1.165, 1.54) is 29.2 Å². The first-order chi connectivity index (χ1) is 16.7. The maximum absolute atomic E-state index is 13.3. The molecule has 3 aromatic rings. The highest BCUT2D eigenvalue weighted by atomic mass is 19.4. The van der Waals surface area contributed by atoms with Crippen molar-refractivity contribution in [2.45, 2.75) is 13.1 Å². The van der Waals surface area contributed by atoms with Crippen molar-refractivity contribution in [1.82, 2.24) is 25.3 Å². The number of carbonyl (C=O) groups excluding carboxylic acids is 2. The van der Waals surface area contributed by atoms with Crippen LogP contribution in [0.4, 0.5) is 29.6 Å². The van der Waals surface area contributed by atoms with E-state index in [-0.39, 0.29) is 30.4 Å². The highest BCUT2D eigenvalue weighted by Gasteiger charge is 2.36. The number of aryl methyl sites for hydroxylation is 1. The molecule has 0 saturated carbocycles. The molecular weight excluding hydrogens is 467 g/mol. The number of hydrogen-bond donors (Lipinski definition) is 1. The Labute approximate surface area is 197 Å². The molecule has 0 spiro atoms. The lowest BCUT2D eigenvalue weighted by molar-refractivity contribution is -0.138. The van der Waals surface area contributed by atoms with E-state index in [1.807, 2.05) is 4.90 Å². The fourth-order valence-corrected chi connectivity index (χ4v) is 3.45. The number of amides is 2. The molecule has 2 aromatic heterocycles. The van der Waals surface area contributed by atoms with Crippen molar-refractivity contribution < 1.29 is 27.5 Å². The van der Waals surface area contributed by atoms with Gasteiger partial charge in [-0.15, -0.1) is 15.3 Å². The number of carbonyl (C=O) groups is 2. The highest BCUT2D eigenvalue weighted by Crippen LogP contribution is 2.32. The molecule has 1 aliphatic heterocycles. The predicted octanol–water partition coefficient (Wildman–Crippen LogP) is 3.17. The summed E-state index contributed by atoms with van der Waals surface area (Å²) in [5, 5.41) is 18.0. The van der Waals surface area contributed by atoms with Crippen LogP contribution in [0.3, 0.4) is 0 Å². The monoisotopic (exact) mass is 487 g/mol. The van der Waals surface area contributed by atoms with Crippen LogP contribution in [0, 0.1) is 6.92 Å². The van der Waals surface area contributed by atoms with Crippen molar-refractivity contribution in [3.63, 3.8) is 0 Å². The minimum Gasteiger partial charge on any atom is -0.389 e. The van der Waals surface area contributed by atoms with Gasteiger partial charge in [0.15, 0.2) is 11.6 Å². The van der Waals surface area contributed by atoms with Crippen molar-refractivity contribution >= 4 is 23.6 Å². The van der Waals surface area contributed by atoms with Crippen molar-refractivity contribution in [3.05, 3.63) is 65.4 Å². The average Bonchev–Trinajstić information content (AvgIpc) is 2.85. The van der Waals surface area contributed by atoms with Crippen LogP contribution >= 0.6 is 0 Å². The Hall–Kier alpha value is -4.29. The van der Waals surface area contributed by atoms with Gasteiger partial charge < -0.3 is 14.5 Å². The van der Waals surface area contributed by atoms with Crippen molar-refractivity contribution in [1.29, 1.82) is 0 Å². The smallest absolute Gasteiger partial charge is 0.389 e. The molecule has 0 atom stereocenters. The van der Waals surface area contributed by atoms with Crippen LogP contribution in [0.25, 0.3) is 0 Å². The van der Waals surface area contributed by atoms with Crippen LogP contribution in [-0.4, -0.2) is 63.5 Å². The lowest BCUT2D eigenvalue weighted by Gasteiger charge is -2.35. The fraction of sp³-hybridized carbons (Fsp3) is 0.273. The van der Waals surface area contributed by atoms with Gasteiger partial charge in [0.1, 0.15) is 0 Å². The van der Waals surface area contributed by atoms with E-state index in [4.69, 9.17) is 4.74 Å². The highest BCUT2D eigenvalue weighted by molar-refractivity contribution is 5.96. The van der Waals surface area contributed by atoms with E-state index in [0.717, 1.165) is 6.07 Å². The van der Waals surface area contributed by atoms with Crippen molar-refractivity contribution in [2.24, 2.45) is 0 Å². The summed E-state index contributed by atoms with van der Waals surface area (Å²) in [7, 11) is 0. The Kier molecular flexibility index (Phi) is 6.75. The fourth-order valence-electron chi connectivity index (χ4n) is 3.45. The summed E-state index contributed by atoms with van der Waals surface area (Å²) >= 11 is 0. The van der Waals surface area contributed by atoms with Crippen LogP contribution in [0.15, 0.2) is 48.5 Å². The molecule has 1 N–H and O–H groups in total. The Morgan fingerprint density at radius 1 is 0.914 bits per heavy atom. The third-order valence-electron chi connectivity index (χ3n) is 5.21. The molecule has 1 saturated heterocycles. The lowest BCUT2D eigenvalue weighted by atomic mass is 10.1. The summed E-state index contributed by atoms with van der Waals surface area (Å²) in [5.74, 6) is -0.0130. The van der Waals surface area contributed by atoms with Crippen LogP contribution in [0.2, 0.25) is 0 Å². The van der Waals surface area contributed by atoms with Gasteiger partial charge >= 0.3 is 12.3 Å². The SMILES string of the molecule is Cc1ccc(NC(=O)Oc2ccc(N3CCN(C(=O)c4ccccc4C(F)(F)F)CC3)nn2)nn1. The molecule has 2 amide bonds. The zero-order chi connectivity index (χ0) is 25.0. The molecule has 13 heteroatoms. The summed E-state index contributed by atoms with van der Waals surface area (Å²) in [4.78, 5) is 27.9. The van der Waals surface area contributed by atoms with Crippen LogP contribution in [0.5, 0.6) is 5.88 Å². The van der Waals surface area contributed by atoms with Crippen molar-refractivity contribution in [3.8, 4) is 5.88 Å². The zero-order valence-corrected chi connectivity index (χ0v) is 18.5. The molecule has 0 radical (unpaired) electrons. The standard InChI is InChI=1S/C22H20F3N7O3/c1-14-6-7-17(28-27-14)26-21(34)35-19-9-8-18(29-30-19)31-10-12-32(13-11-31)20(33)15-4-2-3-5-16(15)22(23,24)25/h2-9H,10-13H2,1H3,(H,26,28,34). The lowest BCUT2D eigenvalue weighted by Crippen LogP contribution is -2.49. The second kappa shape index (κ2) is 9.91. The van der Waals surface area contributed by atoms with E-state index < -0.39 is 23.7 Å². The molecule has 182 valence electrons. The maximum Gasteiger partial charge on any atom is 0.419 e. The number of nitrogens with zero attached hydrogens (tertiary/aromatic N) is 6. The molecular formula is C22H20F3N7O3. The normalized spacial score (nSPS) is 13.9.